The number of hydrogen-bond donors (Lipinski definition) is 0. The smallest absolute Gasteiger partial charge is 0.435 e. The van der Waals surface area contributed by atoms with Gasteiger partial charge in [-0.2, -0.15) is 0 Å². The molecule has 0 bridgehead atoms. The van der Waals surface area contributed by atoms with Crippen LogP contribution in [0, 0.1) is 6.42 Å². The molecule has 1 rings (SSSR count). The van der Waals surface area contributed by atoms with Crippen molar-refractivity contribution in [1.82, 2.24) is 0 Å². The minimum atomic E-state index is -0.628. The van der Waals surface area contributed by atoms with Crippen LogP contribution in [0.25, 0.3) is 0 Å². The summed E-state index contributed by atoms with van der Waals surface area (Å²) >= 11 is 0. The molecular formula is C12H15O3. The van der Waals surface area contributed by atoms with E-state index in [0.29, 0.717) is 6.61 Å². The molecule has 3 heteroatoms. The van der Waals surface area contributed by atoms with E-state index in [-0.39, 0.29) is 6.10 Å². The SMILES string of the molecule is CCOC(=O)OC(C)[CH]c1ccccc1. The molecule has 0 amide bonds. The molecule has 0 fully saturated rings. The van der Waals surface area contributed by atoms with Crippen molar-refractivity contribution in [3.63, 3.8) is 0 Å². The predicted octanol–water partition coefficient (Wildman–Crippen LogP) is 2.80. The van der Waals surface area contributed by atoms with Gasteiger partial charge in [0.2, 0.25) is 0 Å². The average molecular weight is 207 g/mol. The van der Waals surface area contributed by atoms with Crippen LogP contribution in [0.1, 0.15) is 19.4 Å². The third-order valence-electron chi connectivity index (χ3n) is 1.77. The molecule has 0 aromatic heterocycles. The first kappa shape index (κ1) is 11.6. The first-order valence-electron chi connectivity index (χ1n) is 4.95. The molecule has 0 aliphatic carbocycles. The second kappa shape index (κ2) is 6.06. The minimum Gasteiger partial charge on any atom is -0.435 e. The van der Waals surface area contributed by atoms with Crippen LogP contribution in [-0.2, 0) is 9.47 Å². The number of rotatable bonds is 4. The van der Waals surface area contributed by atoms with E-state index in [1.165, 1.54) is 0 Å². The molecule has 1 atom stereocenters. The van der Waals surface area contributed by atoms with E-state index in [1.54, 1.807) is 13.8 Å². The van der Waals surface area contributed by atoms with Gasteiger partial charge in [-0.1, -0.05) is 30.3 Å². The minimum absolute atomic E-state index is 0.286. The number of benzene rings is 1. The highest BCUT2D eigenvalue weighted by atomic mass is 16.7. The summed E-state index contributed by atoms with van der Waals surface area (Å²) in [4.78, 5) is 11.0. The van der Waals surface area contributed by atoms with Gasteiger partial charge in [-0.3, -0.25) is 0 Å². The maximum Gasteiger partial charge on any atom is 0.508 e. The molecule has 1 radical (unpaired) electrons. The van der Waals surface area contributed by atoms with Gasteiger partial charge in [0.05, 0.1) is 6.61 Å². The number of carbonyl (C=O) groups is 1. The number of hydrogen-bond acceptors (Lipinski definition) is 3. The molecular weight excluding hydrogens is 192 g/mol. The normalized spacial score (nSPS) is 11.9. The lowest BCUT2D eigenvalue weighted by Crippen LogP contribution is -2.16. The fourth-order valence-corrected chi connectivity index (χ4v) is 1.17. The van der Waals surface area contributed by atoms with Crippen LogP contribution < -0.4 is 0 Å². The topological polar surface area (TPSA) is 35.5 Å². The Balaban J connectivity index is 2.36. The fourth-order valence-electron chi connectivity index (χ4n) is 1.17. The summed E-state index contributed by atoms with van der Waals surface area (Å²) in [5, 5.41) is 0. The standard InChI is InChI=1S/C12H15O3/c1-3-14-12(13)15-10(2)9-11-7-5-4-6-8-11/h4-10H,3H2,1-2H3. The van der Waals surface area contributed by atoms with Crippen molar-refractivity contribution in [3.05, 3.63) is 42.3 Å². The lowest BCUT2D eigenvalue weighted by molar-refractivity contribution is 0.0421. The summed E-state index contributed by atoms with van der Waals surface area (Å²) in [5.74, 6) is 0. The molecule has 15 heavy (non-hydrogen) atoms. The Morgan fingerprint density at radius 3 is 2.67 bits per heavy atom. The highest BCUT2D eigenvalue weighted by molar-refractivity contribution is 5.60. The van der Waals surface area contributed by atoms with Crippen molar-refractivity contribution in [3.8, 4) is 0 Å². The summed E-state index contributed by atoms with van der Waals surface area (Å²) in [6, 6.07) is 9.70. The Kier molecular flexibility index (Phi) is 4.68. The van der Waals surface area contributed by atoms with Crippen LogP contribution in [0.2, 0.25) is 0 Å². The van der Waals surface area contributed by atoms with E-state index in [4.69, 9.17) is 4.74 Å². The van der Waals surface area contributed by atoms with Crippen LogP contribution in [0.15, 0.2) is 30.3 Å². The zero-order valence-corrected chi connectivity index (χ0v) is 8.97. The Morgan fingerprint density at radius 2 is 2.07 bits per heavy atom. The Labute approximate surface area is 90.0 Å². The summed E-state index contributed by atoms with van der Waals surface area (Å²) in [6.07, 6.45) is 0.945. The molecule has 0 saturated carbocycles. The lowest BCUT2D eigenvalue weighted by atomic mass is 10.1. The molecule has 0 heterocycles. The van der Waals surface area contributed by atoms with Crippen molar-refractivity contribution in [2.24, 2.45) is 0 Å². The molecule has 0 aliphatic rings. The quantitative estimate of drug-likeness (QED) is 0.712. The van der Waals surface area contributed by atoms with Gasteiger partial charge in [-0.25, -0.2) is 4.79 Å². The van der Waals surface area contributed by atoms with Crippen LogP contribution >= 0.6 is 0 Å². The fraction of sp³-hybridized carbons (Fsp3) is 0.333. The Bertz CT molecular complexity index is 295. The van der Waals surface area contributed by atoms with E-state index in [2.05, 4.69) is 4.74 Å². The first-order chi connectivity index (χ1) is 7.22. The van der Waals surface area contributed by atoms with E-state index < -0.39 is 6.16 Å². The molecule has 1 aromatic rings. The third-order valence-corrected chi connectivity index (χ3v) is 1.77. The van der Waals surface area contributed by atoms with E-state index in [9.17, 15) is 4.79 Å². The first-order valence-corrected chi connectivity index (χ1v) is 4.95. The molecule has 1 unspecified atom stereocenters. The van der Waals surface area contributed by atoms with Gasteiger partial charge in [0.25, 0.3) is 0 Å². The van der Waals surface area contributed by atoms with Crippen LogP contribution in [0.3, 0.4) is 0 Å². The molecule has 0 spiro atoms. The maximum absolute atomic E-state index is 11.0. The highest BCUT2D eigenvalue weighted by Crippen LogP contribution is 2.08. The summed E-state index contributed by atoms with van der Waals surface area (Å²) in [6.45, 7) is 3.87. The van der Waals surface area contributed by atoms with Gasteiger partial charge in [-0.15, -0.1) is 0 Å². The van der Waals surface area contributed by atoms with Crippen molar-refractivity contribution in [1.29, 1.82) is 0 Å². The van der Waals surface area contributed by atoms with Crippen molar-refractivity contribution >= 4 is 6.16 Å². The van der Waals surface area contributed by atoms with E-state index in [1.807, 2.05) is 36.8 Å². The second-order valence-electron chi connectivity index (χ2n) is 3.08. The van der Waals surface area contributed by atoms with Crippen LogP contribution in [0.4, 0.5) is 4.79 Å². The number of ether oxygens (including phenoxy) is 2. The molecule has 0 saturated heterocycles. The summed E-state index contributed by atoms with van der Waals surface area (Å²) in [7, 11) is 0. The average Bonchev–Trinajstić information content (AvgIpc) is 2.19. The molecule has 0 N–H and O–H groups in total. The summed E-state index contributed by atoms with van der Waals surface area (Å²) in [5.41, 5.74) is 1.02. The zero-order chi connectivity index (χ0) is 11.1. The lowest BCUT2D eigenvalue weighted by Gasteiger charge is -2.12. The Hall–Kier alpha value is -1.51. The third kappa shape index (κ3) is 4.49. The van der Waals surface area contributed by atoms with Gasteiger partial charge in [0.15, 0.2) is 0 Å². The van der Waals surface area contributed by atoms with Gasteiger partial charge in [-0.05, 0) is 19.4 Å². The molecule has 3 nitrogen and oxygen atoms in total. The largest absolute Gasteiger partial charge is 0.508 e. The second-order valence-corrected chi connectivity index (χ2v) is 3.08. The van der Waals surface area contributed by atoms with Gasteiger partial charge < -0.3 is 9.47 Å². The number of carbonyl (C=O) groups excluding carboxylic acids is 1. The molecule has 1 aromatic carbocycles. The van der Waals surface area contributed by atoms with E-state index >= 15 is 0 Å². The predicted molar refractivity (Wildman–Crippen MR) is 57.4 cm³/mol. The molecule has 0 aliphatic heterocycles. The van der Waals surface area contributed by atoms with Gasteiger partial charge >= 0.3 is 6.16 Å². The zero-order valence-electron chi connectivity index (χ0n) is 8.97. The van der Waals surface area contributed by atoms with Gasteiger partial charge in [0, 0.05) is 6.42 Å². The summed E-state index contributed by atoms with van der Waals surface area (Å²) < 4.78 is 9.65. The van der Waals surface area contributed by atoms with Crippen molar-refractivity contribution in [2.45, 2.75) is 20.0 Å². The highest BCUT2D eigenvalue weighted by Gasteiger charge is 2.10. The Morgan fingerprint density at radius 1 is 1.40 bits per heavy atom. The van der Waals surface area contributed by atoms with Crippen molar-refractivity contribution in [2.75, 3.05) is 6.61 Å². The molecule has 81 valence electrons. The van der Waals surface area contributed by atoms with Crippen LogP contribution in [-0.4, -0.2) is 18.9 Å². The van der Waals surface area contributed by atoms with Crippen LogP contribution in [0.5, 0.6) is 0 Å². The monoisotopic (exact) mass is 207 g/mol. The maximum atomic E-state index is 11.0. The van der Waals surface area contributed by atoms with E-state index in [0.717, 1.165) is 5.56 Å². The van der Waals surface area contributed by atoms with Crippen molar-refractivity contribution < 1.29 is 14.3 Å². The van der Waals surface area contributed by atoms with Gasteiger partial charge in [0.1, 0.15) is 6.10 Å².